The van der Waals surface area contributed by atoms with Crippen LogP contribution in [-0.2, 0) is 6.61 Å². The highest BCUT2D eigenvalue weighted by atomic mass is 79.9. The van der Waals surface area contributed by atoms with Crippen molar-refractivity contribution in [3.05, 3.63) is 55.7 Å². The van der Waals surface area contributed by atoms with Crippen molar-refractivity contribution in [2.75, 3.05) is 5.73 Å². The number of nitrogen functional groups attached to an aromatic ring is 1. The Hall–Kier alpha value is -0.780. The highest BCUT2D eigenvalue weighted by Crippen LogP contribution is 2.35. The number of anilines is 1. The van der Waals surface area contributed by atoms with Gasteiger partial charge in [0.2, 0.25) is 0 Å². The van der Waals surface area contributed by atoms with Crippen molar-refractivity contribution < 1.29 is 9.13 Å². The van der Waals surface area contributed by atoms with Gasteiger partial charge in [-0.2, -0.15) is 0 Å². The molecule has 6 heteroatoms. The Morgan fingerprint density at radius 3 is 2.58 bits per heavy atom. The lowest BCUT2D eigenvalue weighted by molar-refractivity contribution is 0.299. The van der Waals surface area contributed by atoms with Crippen LogP contribution in [0.15, 0.2) is 39.3 Å². The Morgan fingerprint density at radius 1 is 1.21 bits per heavy atom. The Kier molecular flexibility index (Phi) is 4.71. The second-order valence-electron chi connectivity index (χ2n) is 3.83. The number of rotatable bonds is 3. The Balaban J connectivity index is 2.19. The fourth-order valence-corrected chi connectivity index (χ4v) is 2.80. The highest BCUT2D eigenvalue weighted by molar-refractivity contribution is 9.10. The van der Waals surface area contributed by atoms with Crippen LogP contribution in [0.25, 0.3) is 0 Å². The molecule has 2 aromatic carbocycles. The van der Waals surface area contributed by atoms with Crippen LogP contribution in [0, 0.1) is 5.82 Å². The van der Waals surface area contributed by atoms with Crippen LogP contribution in [0.4, 0.5) is 10.1 Å². The Labute approximate surface area is 132 Å². The van der Waals surface area contributed by atoms with Gasteiger partial charge < -0.3 is 10.5 Å². The van der Waals surface area contributed by atoms with Crippen molar-refractivity contribution in [3.8, 4) is 5.75 Å². The Bertz CT molecular complexity index is 599. The fourth-order valence-electron chi connectivity index (χ4n) is 1.52. The molecule has 0 aliphatic heterocycles. The smallest absolute Gasteiger partial charge is 0.156 e. The summed E-state index contributed by atoms with van der Waals surface area (Å²) in [5, 5.41) is 0.506. The van der Waals surface area contributed by atoms with Crippen molar-refractivity contribution in [2.24, 2.45) is 0 Å². The van der Waals surface area contributed by atoms with Crippen LogP contribution in [0.5, 0.6) is 5.75 Å². The van der Waals surface area contributed by atoms with E-state index in [1.54, 1.807) is 24.3 Å². The molecule has 19 heavy (non-hydrogen) atoms. The van der Waals surface area contributed by atoms with E-state index in [0.29, 0.717) is 31.0 Å². The summed E-state index contributed by atoms with van der Waals surface area (Å²) < 4.78 is 20.5. The van der Waals surface area contributed by atoms with Gasteiger partial charge in [0.15, 0.2) is 5.75 Å². The molecule has 100 valence electrons. The summed E-state index contributed by atoms with van der Waals surface area (Å²) in [6.07, 6.45) is 0. The molecule has 0 fully saturated rings. The van der Waals surface area contributed by atoms with Crippen LogP contribution in [-0.4, -0.2) is 0 Å². The first kappa shape index (κ1) is 14.6. The van der Waals surface area contributed by atoms with E-state index in [0.717, 1.165) is 0 Å². The average Bonchev–Trinajstić information content (AvgIpc) is 2.30. The summed E-state index contributed by atoms with van der Waals surface area (Å²) in [5.74, 6) is 0.116. The van der Waals surface area contributed by atoms with Gasteiger partial charge in [-0.25, -0.2) is 4.39 Å². The van der Waals surface area contributed by atoms with E-state index in [-0.39, 0.29) is 12.4 Å². The molecule has 0 spiro atoms. The maximum atomic E-state index is 13.6. The quantitative estimate of drug-likeness (QED) is 0.711. The van der Waals surface area contributed by atoms with Gasteiger partial charge in [0, 0.05) is 15.1 Å². The monoisotopic (exact) mass is 407 g/mol. The van der Waals surface area contributed by atoms with E-state index in [9.17, 15) is 4.39 Å². The first-order valence-electron chi connectivity index (χ1n) is 5.28. The minimum absolute atomic E-state index is 0.0869. The summed E-state index contributed by atoms with van der Waals surface area (Å²) in [4.78, 5) is 0. The minimum Gasteiger partial charge on any atom is -0.485 e. The van der Waals surface area contributed by atoms with Crippen molar-refractivity contribution >= 4 is 49.1 Å². The summed E-state index contributed by atoms with van der Waals surface area (Å²) in [6.45, 7) is 0.0869. The molecule has 0 unspecified atom stereocenters. The Morgan fingerprint density at radius 2 is 1.95 bits per heavy atom. The summed E-state index contributed by atoms with van der Waals surface area (Å²) >= 11 is 12.4. The molecule has 2 nitrogen and oxygen atoms in total. The molecule has 0 heterocycles. The van der Waals surface area contributed by atoms with Crippen LogP contribution >= 0.6 is 43.5 Å². The van der Waals surface area contributed by atoms with Crippen LogP contribution in [0.2, 0.25) is 5.02 Å². The van der Waals surface area contributed by atoms with Crippen molar-refractivity contribution in [1.29, 1.82) is 0 Å². The van der Waals surface area contributed by atoms with Gasteiger partial charge in [-0.05, 0) is 40.2 Å². The number of halogens is 4. The summed E-state index contributed by atoms with van der Waals surface area (Å²) in [6, 6.07) is 8.05. The highest BCUT2D eigenvalue weighted by Gasteiger charge is 2.10. The molecule has 2 aromatic rings. The van der Waals surface area contributed by atoms with Gasteiger partial charge in [-0.3, -0.25) is 0 Å². The lowest BCUT2D eigenvalue weighted by Crippen LogP contribution is -2.01. The molecular formula is C13H9Br2ClFNO. The molecule has 0 aromatic heterocycles. The lowest BCUT2D eigenvalue weighted by atomic mass is 10.2. The number of benzene rings is 2. The molecule has 0 radical (unpaired) electrons. The van der Waals surface area contributed by atoms with E-state index in [4.69, 9.17) is 22.1 Å². The van der Waals surface area contributed by atoms with Gasteiger partial charge in [0.25, 0.3) is 0 Å². The van der Waals surface area contributed by atoms with E-state index < -0.39 is 0 Å². The average molecular weight is 409 g/mol. The van der Waals surface area contributed by atoms with Crippen LogP contribution < -0.4 is 10.5 Å². The van der Waals surface area contributed by atoms with Crippen molar-refractivity contribution in [3.63, 3.8) is 0 Å². The minimum atomic E-state index is -0.335. The molecule has 0 aliphatic carbocycles. The van der Waals surface area contributed by atoms with Gasteiger partial charge >= 0.3 is 0 Å². The standard InChI is InChI=1S/C13H9Br2ClFNO/c14-8-2-1-7(11(17)3-8)6-19-13-10(15)4-9(16)5-12(13)18/h1-5H,6,18H2. The predicted molar refractivity (Wildman–Crippen MR) is 82.0 cm³/mol. The van der Waals surface area contributed by atoms with Crippen LogP contribution in [0.3, 0.4) is 0 Å². The topological polar surface area (TPSA) is 35.2 Å². The predicted octanol–water partition coefficient (Wildman–Crippen LogP) is 5.17. The zero-order chi connectivity index (χ0) is 14.0. The second kappa shape index (κ2) is 6.11. The lowest BCUT2D eigenvalue weighted by Gasteiger charge is -2.12. The molecular weight excluding hydrogens is 400 g/mol. The molecule has 0 atom stereocenters. The molecule has 0 saturated heterocycles. The third kappa shape index (κ3) is 3.61. The van der Waals surface area contributed by atoms with Crippen molar-refractivity contribution in [2.45, 2.75) is 6.61 Å². The third-order valence-corrected chi connectivity index (χ3v) is 3.72. The first-order valence-corrected chi connectivity index (χ1v) is 7.25. The molecule has 0 amide bonds. The second-order valence-corrected chi connectivity index (χ2v) is 6.04. The number of hydrogen-bond acceptors (Lipinski definition) is 2. The molecule has 0 aliphatic rings. The van der Waals surface area contributed by atoms with E-state index in [2.05, 4.69) is 31.9 Å². The van der Waals surface area contributed by atoms with Gasteiger partial charge in [-0.15, -0.1) is 0 Å². The van der Waals surface area contributed by atoms with E-state index in [1.807, 2.05) is 0 Å². The SMILES string of the molecule is Nc1cc(Cl)cc(Br)c1OCc1ccc(Br)cc1F. The third-order valence-electron chi connectivity index (χ3n) is 2.42. The maximum absolute atomic E-state index is 13.6. The molecule has 2 N–H and O–H groups in total. The fraction of sp³-hybridized carbons (Fsp3) is 0.0769. The first-order chi connectivity index (χ1) is 8.97. The van der Waals surface area contributed by atoms with E-state index >= 15 is 0 Å². The normalized spacial score (nSPS) is 10.5. The van der Waals surface area contributed by atoms with E-state index in [1.165, 1.54) is 6.07 Å². The van der Waals surface area contributed by atoms with Gasteiger partial charge in [-0.1, -0.05) is 33.6 Å². The maximum Gasteiger partial charge on any atom is 0.156 e. The molecule has 2 rings (SSSR count). The van der Waals surface area contributed by atoms with Gasteiger partial charge in [0.05, 0.1) is 10.2 Å². The number of ether oxygens (including phenoxy) is 1. The zero-order valence-corrected chi connectivity index (χ0v) is 13.5. The molecule has 0 saturated carbocycles. The summed E-state index contributed by atoms with van der Waals surface area (Å²) in [7, 11) is 0. The zero-order valence-electron chi connectivity index (χ0n) is 9.59. The van der Waals surface area contributed by atoms with Gasteiger partial charge in [0.1, 0.15) is 12.4 Å². The molecule has 0 bridgehead atoms. The summed E-state index contributed by atoms with van der Waals surface area (Å²) in [5.41, 5.74) is 6.66. The number of nitrogens with two attached hydrogens (primary N) is 1. The number of hydrogen-bond donors (Lipinski definition) is 1. The largest absolute Gasteiger partial charge is 0.485 e. The van der Waals surface area contributed by atoms with Crippen LogP contribution in [0.1, 0.15) is 5.56 Å². The van der Waals surface area contributed by atoms with Crippen molar-refractivity contribution in [1.82, 2.24) is 0 Å².